The molecule has 0 saturated carbocycles. The molecule has 25 heavy (non-hydrogen) atoms. The third kappa shape index (κ3) is 4.69. The molecule has 2 aromatic rings. The normalized spacial score (nSPS) is 17.4. The van der Waals surface area contributed by atoms with Crippen LogP contribution < -0.4 is 5.32 Å². The summed E-state index contributed by atoms with van der Waals surface area (Å²) in [6.45, 7) is 6.75. The molecule has 1 aliphatic heterocycles. The maximum Gasteiger partial charge on any atom is 0.220 e. The van der Waals surface area contributed by atoms with Crippen LogP contribution in [-0.2, 0) is 4.79 Å². The molecule has 3 rings (SSSR count). The van der Waals surface area contributed by atoms with Gasteiger partial charge in [0.2, 0.25) is 5.91 Å². The van der Waals surface area contributed by atoms with Gasteiger partial charge in [-0.1, -0.05) is 6.92 Å². The number of pyridine rings is 1. The highest BCUT2D eigenvalue weighted by Gasteiger charge is 2.26. The van der Waals surface area contributed by atoms with E-state index in [1.165, 1.54) is 12.8 Å². The van der Waals surface area contributed by atoms with Crippen LogP contribution in [0.1, 0.15) is 55.2 Å². The van der Waals surface area contributed by atoms with Gasteiger partial charge in [0.15, 0.2) is 0 Å². The average Bonchev–Trinajstić information content (AvgIpc) is 3.28. The summed E-state index contributed by atoms with van der Waals surface area (Å²) in [7, 11) is 0. The Morgan fingerprint density at radius 2 is 1.96 bits per heavy atom. The van der Waals surface area contributed by atoms with Gasteiger partial charge in [-0.25, -0.2) is 0 Å². The molecule has 2 atom stereocenters. The molecule has 0 unspecified atom stereocenters. The quantitative estimate of drug-likeness (QED) is 0.838. The third-order valence-corrected chi connectivity index (χ3v) is 4.93. The molecule has 1 fully saturated rings. The van der Waals surface area contributed by atoms with Crippen LogP contribution in [0, 0.1) is 6.92 Å². The van der Waals surface area contributed by atoms with Crippen molar-refractivity contribution in [2.45, 2.75) is 45.1 Å². The lowest BCUT2D eigenvalue weighted by atomic mass is 9.98. The SMILES string of the molecule is Cc1ccc([C@@H](CNC(=O)C[C@H](C)c2ccncc2)N2CCCC2)o1. The van der Waals surface area contributed by atoms with Crippen molar-refractivity contribution in [3.63, 3.8) is 0 Å². The van der Waals surface area contributed by atoms with Crippen molar-refractivity contribution in [3.8, 4) is 0 Å². The molecule has 1 amide bonds. The lowest BCUT2D eigenvalue weighted by molar-refractivity contribution is -0.121. The largest absolute Gasteiger partial charge is 0.465 e. The van der Waals surface area contributed by atoms with Crippen LogP contribution >= 0.6 is 0 Å². The van der Waals surface area contributed by atoms with Crippen molar-refractivity contribution < 1.29 is 9.21 Å². The molecule has 0 radical (unpaired) electrons. The second-order valence-corrected chi connectivity index (χ2v) is 6.90. The fourth-order valence-electron chi connectivity index (χ4n) is 3.47. The minimum atomic E-state index is 0.0804. The van der Waals surface area contributed by atoms with Crippen molar-refractivity contribution in [3.05, 3.63) is 53.7 Å². The second kappa shape index (κ2) is 8.30. The predicted octanol–water partition coefficient (Wildman–Crippen LogP) is 3.43. The summed E-state index contributed by atoms with van der Waals surface area (Å²) in [5.41, 5.74) is 1.14. The maximum atomic E-state index is 12.4. The summed E-state index contributed by atoms with van der Waals surface area (Å²) < 4.78 is 5.84. The van der Waals surface area contributed by atoms with Gasteiger partial charge in [0.25, 0.3) is 0 Å². The van der Waals surface area contributed by atoms with Gasteiger partial charge in [-0.15, -0.1) is 0 Å². The molecule has 1 saturated heterocycles. The number of hydrogen-bond acceptors (Lipinski definition) is 4. The fourth-order valence-corrected chi connectivity index (χ4v) is 3.47. The summed E-state index contributed by atoms with van der Waals surface area (Å²) in [5.74, 6) is 2.12. The number of carbonyl (C=O) groups excluding carboxylic acids is 1. The minimum Gasteiger partial charge on any atom is -0.465 e. The van der Waals surface area contributed by atoms with E-state index < -0.39 is 0 Å². The molecule has 5 nitrogen and oxygen atoms in total. The van der Waals surface area contributed by atoms with Gasteiger partial charge in [-0.3, -0.25) is 14.7 Å². The molecular formula is C20H27N3O2. The molecule has 5 heteroatoms. The first-order valence-electron chi connectivity index (χ1n) is 9.10. The van der Waals surface area contributed by atoms with E-state index in [1.54, 1.807) is 12.4 Å². The molecule has 1 N–H and O–H groups in total. The highest BCUT2D eigenvalue weighted by atomic mass is 16.3. The number of nitrogens with one attached hydrogen (secondary N) is 1. The topological polar surface area (TPSA) is 58.4 Å². The van der Waals surface area contributed by atoms with E-state index in [0.29, 0.717) is 13.0 Å². The monoisotopic (exact) mass is 341 g/mol. The Labute approximate surface area is 149 Å². The molecule has 134 valence electrons. The Morgan fingerprint density at radius 1 is 1.24 bits per heavy atom. The number of carbonyl (C=O) groups is 1. The van der Waals surface area contributed by atoms with Crippen LogP contribution in [0.25, 0.3) is 0 Å². The van der Waals surface area contributed by atoms with Gasteiger partial charge in [-0.2, -0.15) is 0 Å². The summed E-state index contributed by atoms with van der Waals surface area (Å²) in [4.78, 5) is 18.8. The summed E-state index contributed by atoms with van der Waals surface area (Å²) in [6, 6.07) is 8.08. The Hall–Kier alpha value is -2.14. The van der Waals surface area contributed by atoms with Gasteiger partial charge >= 0.3 is 0 Å². The lowest BCUT2D eigenvalue weighted by Crippen LogP contribution is -2.36. The number of aromatic nitrogens is 1. The highest BCUT2D eigenvalue weighted by Crippen LogP contribution is 2.26. The number of hydrogen-bond donors (Lipinski definition) is 1. The fraction of sp³-hybridized carbons (Fsp3) is 0.500. The number of rotatable bonds is 7. The minimum absolute atomic E-state index is 0.0804. The van der Waals surface area contributed by atoms with Gasteiger partial charge in [0, 0.05) is 25.4 Å². The number of likely N-dealkylation sites (tertiary alicyclic amines) is 1. The van der Waals surface area contributed by atoms with E-state index in [9.17, 15) is 4.79 Å². The van der Waals surface area contributed by atoms with Gasteiger partial charge < -0.3 is 9.73 Å². The second-order valence-electron chi connectivity index (χ2n) is 6.90. The van der Waals surface area contributed by atoms with Gasteiger partial charge in [0.1, 0.15) is 11.5 Å². The van der Waals surface area contributed by atoms with E-state index in [-0.39, 0.29) is 17.9 Å². The molecule has 2 aromatic heterocycles. The number of furan rings is 1. The first kappa shape index (κ1) is 17.7. The standard InChI is InChI=1S/C20H27N3O2/c1-15(17-7-9-21-10-8-17)13-20(24)22-14-18(23-11-3-4-12-23)19-6-5-16(2)25-19/h5-10,15,18H,3-4,11-14H2,1-2H3,(H,22,24)/t15-,18+/m0/s1. The van der Waals surface area contributed by atoms with Crippen molar-refractivity contribution in [1.82, 2.24) is 15.2 Å². The zero-order chi connectivity index (χ0) is 17.6. The Bertz CT molecular complexity index is 677. The third-order valence-electron chi connectivity index (χ3n) is 4.93. The average molecular weight is 341 g/mol. The Kier molecular flexibility index (Phi) is 5.87. The predicted molar refractivity (Wildman–Crippen MR) is 97.3 cm³/mol. The Morgan fingerprint density at radius 3 is 2.60 bits per heavy atom. The van der Waals surface area contributed by atoms with Crippen LogP contribution in [0.3, 0.4) is 0 Å². The van der Waals surface area contributed by atoms with Gasteiger partial charge in [-0.05, 0) is 68.6 Å². The molecular weight excluding hydrogens is 314 g/mol. The molecule has 1 aliphatic rings. The first-order chi connectivity index (χ1) is 12.1. The van der Waals surface area contributed by atoms with Crippen LogP contribution in [-0.4, -0.2) is 35.4 Å². The molecule has 0 aromatic carbocycles. The molecule has 0 aliphatic carbocycles. The van der Waals surface area contributed by atoms with Crippen LogP contribution in [0.4, 0.5) is 0 Å². The van der Waals surface area contributed by atoms with Crippen LogP contribution in [0.15, 0.2) is 41.1 Å². The summed E-state index contributed by atoms with van der Waals surface area (Å²) in [5, 5.41) is 3.11. The number of aryl methyl sites for hydroxylation is 1. The lowest BCUT2D eigenvalue weighted by Gasteiger charge is -2.26. The van der Waals surface area contributed by atoms with E-state index in [2.05, 4.69) is 22.1 Å². The Balaban J connectivity index is 1.58. The van der Waals surface area contributed by atoms with E-state index in [4.69, 9.17) is 4.42 Å². The van der Waals surface area contributed by atoms with E-state index in [1.807, 2.05) is 31.2 Å². The van der Waals surface area contributed by atoms with Crippen molar-refractivity contribution in [2.24, 2.45) is 0 Å². The van der Waals surface area contributed by atoms with Crippen molar-refractivity contribution >= 4 is 5.91 Å². The van der Waals surface area contributed by atoms with E-state index in [0.717, 1.165) is 30.2 Å². The van der Waals surface area contributed by atoms with Gasteiger partial charge in [0.05, 0.1) is 6.04 Å². The van der Waals surface area contributed by atoms with E-state index >= 15 is 0 Å². The van der Waals surface area contributed by atoms with Crippen LogP contribution in [0.2, 0.25) is 0 Å². The maximum absolute atomic E-state index is 12.4. The number of nitrogens with zero attached hydrogens (tertiary/aromatic N) is 2. The summed E-state index contributed by atoms with van der Waals surface area (Å²) in [6.07, 6.45) is 6.44. The summed E-state index contributed by atoms with van der Waals surface area (Å²) >= 11 is 0. The zero-order valence-electron chi connectivity index (χ0n) is 15.1. The number of amides is 1. The highest BCUT2D eigenvalue weighted by molar-refractivity contribution is 5.76. The van der Waals surface area contributed by atoms with Crippen molar-refractivity contribution in [1.29, 1.82) is 0 Å². The molecule has 0 spiro atoms. The van der Waals surface area contributed by atoms with Crippen LogP contribution in [0.5, 0.6) is 0 Å². The smallest absolute Gasteiger partial charge is 0.220 e. The van der Waals surface area contributed by atoms with Crippen molar-refractivity contribution in [2.75, 3.05) is 19.6 Å². The molecule has 3 heterocycles. The first-order valence-corrected chi connectivity index (χ1v) is 9.10. The molecule has 0 bridgehead atoms. The zero-order valence-corrected chi connectivity index (χ0v) is 15.1.